The number of benzene rings is 1. The van der Waals surface area contributed by atoms with Crippen LogP contribution in [-0.2, 0) is 0 Å². The molecule has 1 aromatic carbocycles. The molecule has 0 saturated carbocycles. The maximum Gasteiger partial charge on any atom is 0.265 e. The summed E-state index contributed by atoms with van der Waals surface area (Å²) in [5, 5.41) is 2.92. The van der Waals surface area contributed by atoms with Gasteiger partial charge in [0.15, 0.2) is 0 Å². The topological polar surface area (TPSA) is 32.3 Å². The van der Waals surface area contributed by atoms with Crippen molar-refractivity contribution in [3.8, 4) is 0 Å². The molecule has 1 aromatic heterocycles. The molecule has 0 saturated heterocycles. The fourth-order valence-corrected chi connectivity index (χ4v) is 3.06. The number of halogens is 1. The SMILES string of the molecule is Cc1cc(C(=O)Nc2cccc(N(C)C)c2)sc1Br. The normalized spacial score (nSPS) is 10.3. The average molecular weight is 339 g/mol. The van der Waals surface area contributed by atoms with Crippen LogP contribution in [0, 0.1) is 6.92 Å². The molecule has 0 aliphatic rings. The van der Waals surface area contributed by atoms with Crippen molar-refractivity contribution >= 4 is 44.5 Å². The largest absolute Gasteiger partial charge is 0.378 e. The van der Waals surface area contributed by atoms with Crippen LogP contribution < -0.4 is 10.2 Å². The number of carbonyl (C=O) groups excluding carboxylic acids is 1. The minimum Gasteiger partial charge on any atom is -0.378 e. The molecule has 3 nitrogen and oxygen atoms in total. The molecule has 0 unspecified atom stereocenters. The van der Waals surface area contributed by atoms with Crippen LogP contribution in [0.25, 0.3) is 0 Å². The molecule has 1 N–H and O–H groups in total. The van der Waals surface area contributed by atoms with Crippen LogP contribution in [0.5, 0.6) is 0 Å². The highest BCUT2D eigenvalue weighted by atomic mass is 79.9. The Bertz CT molecular complexity index is 588. The minimum atomic E-state index is -0.0743. The van der Waals surface area contributed by atoms with Gasteiger partial charge in [0.2, 0.25) is 0 Å². The Hall–Kier alpha value is -1.33. The molecule has 0 radical (unpaired) electrons. The summed E-state index contributed by atoms with van der Waals surface area (Å²) in [6, 6.07) is 9.66. The van der Waals surface area contributed by atoms with Crippen LogP contribution in [0.4, 0.5) is 11.4 Å². The van der Waals surface area contributed by atoms with Crippen molar-refractivity contribution in [1.29, 1.82) is 0 Å². The first-order valence-corrected chi connectivity index (χ1v) is 7.43. The first-order chi connectivity index (χ1) is 8.97. The number of anilines is 2. The first kappa shape index (κ1) is 14.1. The third-order valence-electron chi connectivity index (χ3n) is 2.70. The van der Waals surface area contributed by atoms with Crippen molar-refractivity contribution in [2.75, 3.05) is 24.3 Å². The number of nitrogens with one attached hydrogen (secondary N) is 1. The van der Waals surface area contributed by atoms with Gasteiger partial charge in [0.1, 0.15) is 0 Å². The number of nitrogens with zero attached hydrogens (tertiary/aromatic N) is 1. The molecule has 0 spiro atoms. The average Bonchev–Trinajstić information content (AvgIpc) is 2.70. The van der Waals surface area contributed by atoms with E-state index in [9.17, 15) is 4.79 Å². The summed E-state index contributed by atoms with van der Waals surface area (Å²) in [6.07, 6.45) is 0. The van der Waals surface area contributed by atoms with Gasteiger partial charge >= 0.3 is 0 Å². The molecule has 1 heterocycles. The molecule has 19 heavy (non-hydrogen) atoms. The lowest BCUT2D eigenvalue weighted by Crippen LogP contribution is -2.12. The molecular weight excluding hydrogens is 324 g/mol. The van der Waals surface area contributed by atoms with Crippen molar-refractivity contribution in [3.05, 3.63) is 44.6 Å². The van der Waals surface area contributed by atoms with Gasteiger partial charge in [-0.05, 0) is 52.7 Å². The maximum atomic E-state index is 12.1. The Morgan fingerprint density at radius 1 is 1.32 bits per heavy atom. The summed E-state index contributed by atoms with van der Waals surface area (Å²) in [6.45, 7) is 1.98. The Balaban J connectivity index is 2.17. The second kappa shape index (κ2) is 5.75. The van der Waals surface area contributed by atoms with Gasteiger partial charge in [-0.1, -0.05) is 6.07 Å². The van der Waals surface area contributed by atoms with Gasteiger partial charge in [0.05, 0.1) is 8.66 Å². The van der Waals surface area contributed by atoms with Crippen LogP contribution in [0.3, 0.4) is 0 Å². The van der Waals surface area contributed by atoms with Gasteiger partial charge in [0.25, 0.3) is 5.91 Å². The van der Waals surface area contributed by atoms with E-state index >= 15 is 0 Å². The molecule has 0 aliphatic heterocycles. The summed E-state index contributed by atoms with van der Waals surface area (Å²) in [5.74, 6) is -0.0743. The lowest BCUT2D eigenvalue weighted by molar-refractivity contribution is 0.103. The fourth-order valence-electron chi connectivity index (χ4n) is 1.63. The monoisotopic (exact) mass is 338 g/mol. The summed E-state index contributed by atoms with van der Waals surface area (Å²) < 4.78 is 1.000. The van der Waals surface area contributed by atoms with Crippen molar-refractivity contribution < 1.29 is 4.79 Å². The highest BCUT2D eigenvalue weighted by Gasteiger charge is 2.11. The number of thiophene rings is 1. The number of rotatable bonds is 3. The predicted octanol–water partition coefficient (Wildman–Crippen LogP) is 4.14. The van der Waals surface area contributed by atoms with Crippen molar-refractivity contribution in [2.24, 2.45) is 0 Å². The third kappa shape index (κ3) is 3.36. The van der Waals surface area contributed by atoms with Gasteiger partial charge < -0.3 is 10.2 Å². The van der Waals surface area contributed by atoms with Gasteiger partial charge in [-0.3, -0.25) is 4.79 Å². The molecule has 0 fully saturated rings. The Kier molecular flexibility index (Phi) is 4.27. The third-order valence-corrected chi connectivity index (χ3v) is 4.84. The predicted molar refractivity (Wildman–Crippen MR) is 85.5 cm³/mol. The maximum absolute atomic E-state index is 12.1. The zero-order valence-electron chi connectivity index (χ0n) is 11.0. The van der Waals surface area contributed by atoms with Crippen molar-refractivity contribution in [3.63, 3.8) is 0 Å². The van der Waals surface area contributed by atoms with E-state index in [1.807, 2.05) is 56.3 Å². The molecular formula is C14H15BrN2OS. The lowest BCUT2D eigenvalue weighted by atomic mass is 10.2. The first-order valence-electron chi connectivity index (χ1n) is 5.82. The highest BCUT2D eigenvalue weighted by Crippen LogP contribution is 2.28. The second-order valence-corrected chi connectivity index (χ2v) is 6.84. The van der Waals surface area contributed by atoms with E-state index in [0.29, 0.717) is 4.88 Å². The summed E-state index contributed by atoms with van der Waals surface area (Å²) in [4.78, 5) is 14.8. The molecule has 100 valence electrons. The Morgan fingerprint density at radius 3 is 2.63 bits per heavy atom. The van der Waals surface area contributed by atoms with Crippen LogP contribution in [-0.4, -0.2) is 20.0 Å². The Morgan fingerprint density at radius 2 is 2.05 bits per heavy atom. The Labute approximate surface area is 125 Å². The van der Waals surface area contributed by atoms with Gasteiger partial charge in [-0.2, -0.15) is 0 Å². The van der Waals surface area contributed by atoms with E-state index in [4.69, 9.17) is 0 Å². The van der Waals surface area contributed by atoms with Gasteiger partial charge in [0, 0.05) is 25.5 Å². The van der Waals surface area contributed by atoms with Gasteiger partial charge in [-0.25, -0.2) is 0 Å². The van der Waals surface area contributed by atoms with Crippen LogP contribution in [0.2, 0.25) is 0 Å². The zero-order chi connectivity index (χ0) is 14.0. The van der Waals surface area contributed by atoms with E-state index in [1.54, 1.807) is 0 Å². The highest BCUT2D eigenvalue weighted by molar-refractivity contribution is 9.11. The van der Waals surface area contributed by atoms with E-state index in [-0.39, 0.29) is 5.91 Å². The standard InChI is InChI=1S/C14H15BrN2OS/c1-9-7-12(19-13(9)15)14(18)16-10-5-4-6-11(8-10)17(2)3/h4-8H,1-3H3,(H,16,18). The number of amides is 1. The number of carbonyl (C=O) groups is 1. The molecule has 0 atom stereocenters. The van der Waals surface area contributed by atoms with Crippen LogP contribution in [0.15, 0.2) is 34.1 Å². The molecule has 2 aromatic rings. The summed E-state index contributed by atoms with van der Waals surface area (Å²) in [5.41, 5.74) is 2.94. The van der Waals surface area contributed by atoms with Crippen molar-refractivity contribution in [2.45, 2.75) is 6.92 Å². The molecule has 0 bridgehead atoms. The summed E-state index contributed by atoms with van der Waals surface area (Å²) in [7, 11) is 3.95. The number of hydrogen-bond donors (Lipinski definition) is 1. The summed E-state index contributed by atoms with van der Waals surface area (Å²) >= 11 is 4.88. The van der Waals surface area contributed by atoms with Gasteiger partial charge in [-0.15, -0.1) is 11.3 Å². The van der Waals surface area contributed by atoms with Crippen LogP contribution >= 0.6 is 27.3 Å². The smallest absolute Gasteiger partial charge is 0.265 e. The van der Waals surface area contributed by atoms with E-state index in [2.05, 4.69) is 21.2 Å². The van der Waals surface area contributed by atoms with Crippen molar-refractivity contribution in [1.82, 2.24) is 0 Å². The fraction of sp³-hybridized carbons (Fsp3) is 0.214. The number of aryl methyl sites for hydroxylation is 1. The molecule has 2 rings (SSSR count). The van der Waals surface area contributed by atoms with Crippen LogP contribution in [0.1, 0.15) is 15.2 Å². The molecule has 0 aliphatic carbocycles. The lowest BCUT2D eigenvalue weighted by Gasteiger charge is -2.13. The molecule has 5 heteroatoms. The van der Waals surface area contributed by atoms with E-state index in [0.717, 1.165) is 20.7 Å². The quantitative estimate of drug-likeness (QED) is 0.912. The minimum absolute atomic E-state index is 0.0743. The number of hydrogen-bond acceptors (Lipinski definition) is 3. The van der Waals surface area contributed by atoms with E-state index < -0.39 is 0 Å². The van der Waals surface area contributed by atoms with E-state index in [1.165, 1.54) is 11.3 Å². The zero-order valence-corrected chi connectivity index (χ0v) is 13.4. The second-order valence-electron chi connectivity index (χ2n) is 4.47. The molecule has 1 amide bonds.